The molecule has 0 atom stereocenters. The molecule has 2 rings (SSSR count). The molecule has 6 heteroatoms. The topological polar surface area (TPSA) is 42.0 Å². The highest BCUT2D eigenvalue weighted by Gasteiger charge is 2.22. The van der Waals surface area contributed by atoms with Crippen LogP contribution in [0.2, 0.25) is 15.2 Å². The fourth-order valence-corrected chi connectivity index (χ4v) is 2.43. The van der Waals surface area contributed by atoms with Crippen LogP contribution < -0.4 is 5.32 Å². The van der Waals surface area contributed by atoms with Crippen LogP contribution in [-0.4, -0.2) is 17.4 Å². The van der Waals surface area contributed by atoms with Gasteiger partial charge in [0.1, 0.15) is 10.8 Å². The molecule has 0 aliphatic carbocycles. The van der Waals surface area contributed by atoms with E-state index in [-0.39, 0.29) is 27.2 Å². The molecule has 22 heavy (non-hydrogen) atoms. The number of amides is 1. The van der Waals surface area contributed by atoms with Crippen LogP contribution in [-0.2, 0) is 5.41 Å². The van der Waals surface area contributed by atoms with E-state index in [9.17, 15) is 4.79 Å². The molecule has 0 radical (unpaired) electrons. The summed E-state index contributed by atoms with van der Waals surface area (Å²) < 4.78 is 0. The molecule has 0 aliphatic heterocycles. The van der Waals surface area contributed by atoms with E-state index in [0.717, 1.165) is 5.56 Å². The van der Waals surface area contributed by atoms with Crippen LogP contribution in [0.4, 0.5) is 0 Å². The van der Waals surface area contributed by atoms with Crippen molar-refractivity contribution in [1.82, 2.24) is 10.3 Å². The average molecular weight is 358 g/mol. The van der Waals surface area contributed by atoms with Crippen molar-refractivity contribution in [2.45, 2.75) is 19.3 Å². The minimum absolute atomic E-state index is 0.126. The van der Waals surface area contributed by atoms with Crippen molar-refractivity contribution in [3.8, 4) is 0 Å². The lowest BCUT2D eigenvalue weighted by Gasteiger charge is -2.25. The van der Waals surface area contributed by atoms with Crippen LogP contribution in [0.25, 0.3) is 0 Å². The van der Waals surface area contributed by atoms with Crippen LogP contribution in [0.3, 0.4) is 0 Å². The number of hydrogen-bond acceptors (Lipinski definition) is 2. The van der Waals surface area contributed by atoms with Gasteiger partial charge in [0.25, 0.3) is 5.91 Å². The smallest absolute Gasteiger partial charge is 0.271 e. The van der Waals surface area contributed by atoms with Gasteiger partial charge in [0.05, 0.1) is 5.02 Å². The van der Waals surface area contributed by atoms with Crippen LogP contribution in [0.1, 0.15) is 29.9 Å². The van der Waals surface area contributed by atoms with E-state index in [1.807, 2.05) is 38.1 Å². The summed E-state index contributed by atoms with van der Waals surface area (Å²) in [5.41, 5.74) is 0.939. The first-order valence-electron chi connectivity index (χ1n) is 6.66. The van der Waals surface area contributed by atoms with Crippen LogP contribution in [0.5, 0.6) is 0 Å². The second kappa shape index (κ2) is 6.86. The number of nitrogens with zero attached hydrogens (tertiary/aromatic N) is 1. The number of aromatic nitrogens is 1. The van der Waals surface area contributed by atoms with E-state index < -0.39 is 0 Å². The van der Waals surface area contributed by atoms with E-state index >= 15 is 0 Å². The Balaban J connectivity index is 2.09. The summed E-state index contributed by atoms with van der Waals surface area (Å²) in [6.45, 7) is 4.49. The van der Waals surface area contributed by atoms with Gasteiger partial charge in [-0.15, -0.1) is 0 Å². The Morgan fingerprint density at radius 3 is 2.36 bits per heavy atom. The standard InChI is InChI=1S/C16H15Cl3N2O/c1-16(2,10-3-5-11(17)6-4-10)9-20-15(22)14-12(18)7-8-13(19)21-14/h3-8H,9H2,1-2H3,(H,20,22). The molecule has 1 N–H and O–H groups in total. The molecule has 1 aromatic heterocycles. The first kappa shape index (κ1) is 17.1. The Kier molecular flexibility index (Phi) is 5.32. The van der Waals surface area contributed by atoms with Crippen molar-refractivity contribution in [3.05, 3.63) is 62.9 Å². The molecule has 2 aromatic rings. The van der Waals surface area contributed by atoms with Crippen molar-refractivity contribution in [2.24, 2.45) is 0 Å². The van der Waals surface area contributed by atoms with Gasteiger partial charge in [-0.05, 0) is 29.8 Å². The summed E-state index contributed by atoms with van der Waals surface area (Å²) in [4.78, 5) is 16.2. The fraction of sp³-hybridized carbons (Fsp3) is 0.250. The Labute approximate surface area is 144 Å². The molecule has 3 nitrogen and oxygen atoms in total. The number of benzene rings is 1. The van der Waals surface area contributed by atoms with Crippen LogP contribution in [0.15, 0.2) is 36.4 Å². The van der Waals surface area contributed by atoms with Crippen molar-refractivity contribution in [3.63, 3.8) is 0 Å². The monoisotopic (exact) mass is 356 g/mol. The van der Waals surface area contributed by atoms with E-state index in [2.05, 4.69) is 10.3 Å². The van der Waals surface area contributed by atoms with Gasteiger partial charge in [0.2, 0.25) is 0 Å². The van der Waals surface area contributed by atoms with E-state index in [1.165, 1.54) is 6.07 Å². The molecule has 0 saturated carbocycles. The van der Waals surface area contributed by atoms with Crippen LogP contribution >= 0.6 is 34.8 Å². The zero-order valence-electron chi connectivity index (χ0n) is 12.2. The highest BCUT2D eigenvalue weighted by Crippen LogP contribution is 2.24. The van der Waals surface area contributed by atoms with Gasteiger partial charge in [-0.3, -0.25) is 4.79 Å². The molecule has 0 saturated heterocycles. The van der Waals surface area contributed by atoms with E-state index in [1.54, 1.807) is 6.07 Å². The van der Waals surface area contributed by atoms with Gasteiger partial charge in [-0.25, -0.2) is 4.98 Å². The van der Waals surface area contributed by atoms with Crippen molar-refractivity contribution >= 4 is 40.7 Å². The molecule has 1 aromatic carbocycles. The summed E-state index contributed by atoms with van der Waals surface area (Å²) >= 11 is 17.7. The maximum atomic E-state index is 12.2. The maximum Gasteiger partial charge on any atom is 0.271 e. The first-order valence-corrected chi connectivity index (χ1v) is 7.79. The molecule has 1 heterocycles. The number of carbonyl (C=O) groups is 1. The molecule has 0 bridgehead atoms. The highest BCUT2D eigenvalue weighted by molar-refractivity contribution is 6.34. The van der Waals surface area contributed by atoms with Gasteiger partial charge in [-0.1, -0.05) is 60.8 Å². The lowest BCUT2D eigenvalue weighted by Crippen LogP contribution is -2.37. The summed E-state index contributed by atoms with van der Waals surface area (Å²) in [5, 5.41) is 4.02. The normalized spacial score (nSPS) is 11.3. The highest BCUT2D eigenvalue weighted by atomic mass is 35.5. The Hall–Kier alpha value is -1.29. The largest absolute Gasteiger partial charge is 0.350 e. The molecule has 116 valence electrons. The summed E-state index contributed by atoms with van der Waals surface area (Å²) in [6, 6.07) is 10.6. The SMILES string of the molecule is CC(C)(CNC(=O)c1nc(Cl)ccc1Cl)c1ccc(Cl)cc1. The van der Waals surface area contributed by atoms with Crippen molar-refractivity contribution in [1.29, 1.82) is 0 Å². The minimum atomic E-state index is -0.352. The fourth-order valence-electron chi connectivity index (χ4n) is 1.97. The summed E-state index contributed by atoms with van der Waals surface area (Å²) in [6.07, 6.45) is 0. The predicted octanol–water partition coefficient (Wildman–Crippen LogP) is 4.75. The number of nitrogens with one attached hydrogen (secondary N) is 1. The predicted molar refractivity (Wildman–Crippen MR) is 91.1 cm³/mol. The van der Waals surface area contributed by atoms with Gasteiger partial charge < -0.3 is 5.32 Å². The number of halogens is 3. The third kappa shape index (κ3) is 4.13. The molecule has 0 spiro atoms. The zero-order chi connectivity index (χ0) is 16.3. The zero-order valence-corrected chi connectivity index (χ0v) is 14.4. The third-order valence-electron chi connectivity index (χ3n) is 3.34. The van der Waals surface area contributed by atoms with Gasteiger partial charge in [0.15, 0.2) is 0 Å². The second-order valence-electron chi connectivity index (χ2n) is 5.54. The van der Waals surface area contributed by atoms with E-state index in [0.29, 0.717) is 11.6 Å². The average Bonchev–Trinajstić information content (AvgIpc) is 2.48. The Bertz CT molecular complexity index is 684. The lowest BCUT2D eigenvalue weighted by atomic mass is 9.84. The van der Waals surface area contributed by atoms with Crippen molar-refractivity contribution < 1.29 is 4.79 Å². The molecule has 0 aliphatic rings. The molecular formula is C16H15Cl3N2O. The maximum absolute atomic E-state index is 12.2. The number of rotatable bonds is 4. The minimum Gasteiger partial charge on any atom is -0.350 e. The molecule has 0 unspecified atom stereocenters. The molecule has 1 amide bonds. The van der Waals surface area contributed by atoms with Gasteiger partial charge >= 0.3 is 0 Å². The summed E-state index contributed by atoms with van der Waals surface area (Å²) in [5.74, 6) is -0.352. The first-order chi connectivity index (χ1) is 10.3. The lowest BCUT2D eigenvalue weighted by molar-refractivity contribution is 0.0941. The van der Waals surface area contributed by atoms with Gasteiger partial charge in [-0.2, -0.15) is 0 Å². The Morgan fingerprint density at radius 1 is 1.09 bits per heavy atom. The molecular weight excluding hydrogens is 343 g/mol. The van der Waals surface area contributed by atoms with Crippen LogP contribution in [0, 0.1) is 0 Å². The van der Waals surface area contributed by atoms with E-state index in [4.69, 9.17) is 34.8 Å². The number of carbonyl (C=O) groups excluding carboxylic acids is 1. The third-order valence-corrected chi connectivity index (χ3v) is 4.11. The number of pyridine rings is 1. The van der Waals surface area contributed by atoms with Crippen molar-refractivity contribution in [2.75, 3.05) is 6.54 Å². The number of hydrogen-bond donors (Lipinski definition) is 1. The Morgan fingerprint density at radius 2 is 1.73 bits per heavy atom. The molecule has 0 fully saturated rings. The summed E-state index contributed by atoms with van der Waals surface area (Å²) in [7, 11) is 0. The quantitative estimate of drug-likeness (QED) is 0.802. The van der Waals surface area contributed by atoms with Gasteiger partial charge in [0, 0.05) is 17.0 Å². The second-order valence-corrected chi connectivity index (χ2v) is 6.77.